The Balaban J connectivity index is 0.000000590. The number of pyridine rings is 4. The van der Waals surface area contributed by atoms with E-state index in [-0.39, 0.29) is 16.8 Å². The Morgan fingerprint density at radius 2 is 0.773 bits per heavy atom. The van der Waals surface area contributed by atoms with Gasteiger partial charge in [-0.05, 0) is 48.5 Å². The zero-order chi connectivity index (χ0) is 32.2. The first-order chi connectivity index (χ1) is 20.1. The van der Waals surface area contributed by atoms with Gasteiger partial charge in [0.2, 0.25) is 0 Å². The molecule has 0 saturated carbocycles. The fourth-order valence-electron chi connectivity index (χ4n) is 3.22. The normalized spacial score (nSPS) is 11.6. The van der Waals surface area contributed by atoms with Gasteiger partial charge >= 0.3 is 31.3 Å². The summed E-state index contributed by atoms with van der Waals surface area (Å²) in [7, 11) is -8.11. The largest absolute Gasteiger partial charge is 2.00 e. The average Bonchev–Trinajstić information content (AvgIpc) is 2.91. The average molecular weight is 670 g/mol. The summed E-state index contributed by atoms with van der Waals surface area (Å²) in [4.78, 5) is 22.8. The van der Waals surface area contributed by atoms with E-state index in [1.54, 1.807) is 6.07 Å². The summed E-state index contributed by atoms with van der Waals surface area (Å²) < 4.78 is 78.0. The van der Waals surface area contributed by atoms with Crippen LogP contribution < -0.4 is 20.4 Å². The molecule has 0 fully saturated rings. The van der Waals surface area contributed by atoms with E-state index >= 15 is 0 Å². The Morgan fingerprint density at radius 3 is 1.09 bits per heavy atom. The second kappa shape index (κ2) is 16.9. The number of hydrogen-bond acceptors (Lipinski definition) is 9. The number of nitriles is 1. The molecule has 235 valence electrons. The van der Waals surface area contributed by atoms with Crippen molar-refractivity contribution >= 4 is 61.1 Å². The van der Waals surface area contributed by atoms with Gasteiger partial charge in [0.05, 0.1) is 6.07 Å². The van der Waals surface area contributed by atoms with Crippen LogP contribution in [0.1, 0.15) is 6.92 Å². The van der Waals surface area contributed by atoms with Crippen LogP contribution in [0.3, 0.4) is 0 Å². The van der Waals surface area contributed by atoms with Crippen LogP contribution in [0.4, 0.5) is 81.1 Å². The Labute approximate surface area is 257 Å². The minimum atomic E-state index is -6.00. The number of aromatic nitrogens is 4. The van der Waals surface area contributed by atoms with Crippen molar-refractivity contribution in [1.29, 1.82) is 5.26 Å². The number of nitrogens with one attached hydrogen (secondary N) is 2. The van der Waals surface area contributed by atoms with Crippen molar-refractivity contribution in [2.24, 2.45) is 0 Å². The van der Waals surface area contributed by atoms with Crippen molar-refractivity contribution in [2.75, 3.05) is 34.5 Å². The van der Waals surface area contributed by atoms with Crippen molar-refractivity contribution in [3.63, 3.8) is 0 Å². The fourth-order valence-corrected chi connectivity index (χ4v) is 3.22. The number of fused-ring (bicyclic) bond motifs is 8. The molecule has 5 rings (SSSR count). The van der Waals surface area contributed by atoms with Gasteiger partial charge in [-0.3, -0.25) is 0 Å². The third-order valence-corrected chi connectivity index (χ3v) is 4.82. The summed E-state index contributed by atoms with van der Waals surface area (Å²) in [5, 5.41) is 13.9. The van der Waals surface area contributed by atoms with Gasteiger partial charge in [0, 0.05) is 21.0 Å². The summed E-state index contributed by atoms with van der Waals surface area (Å²) >= 11 is 0. The Bertz CT molecular complexity index is 1410. The van der Waals surface area contributed by atoms with Crippen LogP contribution in [0.25, 0.3) is 0 Å². The molecule has 1 aliphatic heterocycles. The van der Waals surface area contributed by atoms with E-state index in [4.69, 9.17) is 20.2 Å². The zero-order valence-electron chi connectivity index (χ0n) is 23.1. The van der Waals surface area contributed by atoms with Crippen molar-refractivity contribution < 1.29 is 51.3 Å². The van der Waals surface area contributed by atoms with Gasteiger partial charge in [0.1, 0.15) is 46.5 Å². The van der Waals surface area contributed by atoms with E-state index in [1.807, 2.05) is 96.7 Å². The zero-order valence-corrected chi connectivity index (χ0v) is 24.1. The third kappa shape index (κ3) is 14.0. The first-order valence-electron chi connectivity index (χ1n) is 12.0. The molecule has 1 radical (unpaired) electrons. The second-order valence-electron chi connectivity index (χ2n) is 8.11. The smallest absolute Gasteiger partial charge is 0.418 e. The second-order valence-corrected chi connectivity index (χ2v) is 8.11. The summed E-state index contributed by atoms with van der Waals surface area (Å²) in [5.41, 5.74) is 0. The molecule has 1 aliphatic rings. The van der Waals surface area contributed by atoms with Crippen LogP contribution >= 0.6 is 0 Å². The maximum Gasteiger partial charge on any atom is 2.00 e. The molecular formula is C24H23B2CoF8N9. The molecule has 8 bridgehead atoms. The maximum atomic E-state index is 9.75. The number of hydrogen-bond donors (Lipinski definition) is 2. The van der Waals surface area contributed by atoms with Gasteiger partial charge in [-0.1, -0.05) is 24.3 Å². The third-order valence-electron chi connectivity index (χ3n) is 4.82. The van der Waals surface area contributed by atoms with Gasteiger partial charge in [0.15, 0.2) is 0 Å². The van der Waals surface area contributed by atoms with E-state index in [1.165, 1.54) is 6.92 Å². The molecule has 0 aromatic carbocycles. The molecule has 0 aliphatic carbocycles. The monoisotopic (exact) mass is 670 g/mol. The standard InChI is InChI=1S/C22H20N8.C2H3N.2BF4.Co/c1-29-19-11-4-9-17(26-19)24-15-7-3-8-16(23-15)25-18-10-5-12-20(27-18)30(2)22-14-6-13-21(29)28-22;1-2-3;2*2-1(3,4)5;/h3-14H,1-2H3,(H2,23,24,25,26,27);1H3;;;/q;;2*-1;+2. The van der Waals surface area contributed by atoms with Gasteiger partial charge in [-0.2, -0.15) is 5.26 Å². The maximum absolute atomic E-state index is 9.75. The van der Waals surface area contributed by atoms with Crippen molar-refractivity contribution in [3.8, 4) is 6.07 Å². The van der Waals surface area contributed by atoms with Crippen LogP contribution in [0.5, 0.6) is 0 Å². The summed E-state index contributed by atoms with van der Waals surface area (Å²) in [5.74, 6) is 5.88. The van der Waals surface area contributed by atoms with E-state index in [2.05, 4.69) is 15.6 Å². The van der Waals surface area contributed by atoms with Crippen LogP contribution in [-0.2, 0) is 16.8 Å². The Kier molecular flexibility index (Phi) is 14.3. The summed E-state index contributed by atoms with van der Waals surface area (Å²) in [6, 6.07) is 25.0. The van der Waals surface area contributed by atoms with Crippen LogP contribution in [0, 0.1) is 11.3 Å². The molecule has 0 unspecified atom stereocenters. The SMILES string of the molecule is CC#N.CN1c2cccc(n2)Nc2cccc(n2)Nc2cccc(n2)N(C)c2cccc1n2.F[B-](F)(F)F.F[B-](F)(F)F.[Co+2]. The molecular weight excluding hydrogens is 647 g/mol. The number of anilines is 8. The van der Waals surface area contributed by atoms with Crippen molar-refractivity contribution in [1.82, 2.24) is 19.9 Å². The molecule has 20 heteroatoms. The quantitative estimate of drug-likeness (QED) is 0.144. The van der Waals surface area contributed by atoms with E-state index < -0.39 is 14.5 Å². The van der Waals surface area contributed by atoms with Gasteiger partial charge in [-0.15, -0.1) is 0 Å². The molecule has 0 amide bonds. The molecule has 0 spiro atoms. The number of halogens is 8. The first kappa shape index (κ1) is 37.4. The molecule has 5 heterocycles. The van der Waals surface area contributed by atoms with E-state index in [9.17, 15) is 34.5 Å². The minimum absolute atomic E-state index is 0. The van der Waals surface area contributed by atoms with Crippen molar-refractivity contribution in [2.45, 2.75) is 6.92 Å². The van der Waals surface area contributed by atoms with E-state index in [0.717, 1.165) is 23.3 Å². The molecule has 2 N–H and O–H groups in total. The first-order valence-corrected chi connectivity index (χ1v) is 12.0. The fraction of sp³-hybridized carbons (Fsp3) is 0.125. The van der Waals surface area contributed by atoms with Crippen LogP contribution in [0.2, 0.25) is 0 Å². The van der Waals surface area contributed by atoms with Crippen molar-refractivity contribution in [3.05, 3.63) is 72.8 Å². The molecule has 4 aromatic rings. The summed E-state index contributed by atoms with van der Waals surface area (Å²) in [6.07, 6.45) is 0. The molecule has 4 aromatic heterocycles. The molecule has 0 atom stereocenters. The topological polar surface area (TPSA) is 106 Å². The molecule has 9 nitrogen and oxygen atoms in total. The molecule has 0 saturated heterocycles. The Hall–Kier alpha value is -4.63. The van der Waals surface area contributed by atoms with Gasteiger partial charge < -0.3 is 55.0 Å². The Morgan fingerprint density at radius 1 is 0.545 bits per heavy atom. The van der Waals surface area contributed by atoms with Gasteiger partial charge in [0.25, 0.3) is 0 Å². The van der Waals surface area contributed by atoms with E-state index in [0.29, 0.717) is 23.3 Å². The number of rotatable bonds is 0. The predicted octanol–water partition coefficient (Wildman–Crippen LogP) is 7.73. The summed E-state index contributed by atoms with van der Waals surface area (Å²) in [6.45, 7) is 1.43. The van der Waals surface area contributed by atoms with Crippen LogP contribution in [0.15, 0.2) is 72.8 Å². The van der Waals surface area contributed by atoms with Gasteiger partial charge in [-0.25, -0.2) is 19.9 Å². The predicted molar refractivity (Wildman–Crippen MR) is 151 cm³/mol. The number of nitrogens with zero attached hydrogens (tertiary/aromatic N) is 7. The van der Waals surface area contributed by atoms with Crippen LogP contribution in [-0.4, -0.2) is 48.5 Å². The molecule has 44 heavy (non-hydrogen) atoms. The minimum Gasteiger partial charge on any atom is -0.418 e.